The van der Waals surface area contributed by atoms with Crippen LogP contribution in [-0.2, 0) is 19.8 Å². The van der Waals surface area contributed by atoms with Gasteiger partial charge in [0.05, 0.1) is 12.0 Å². The van der Waals surface area contributed by atoms with Crippen LogP contribution in [0.1, 0.15) is 56.9 Å². The zero-order chi connectivity index (χ0) is 20.0. The first-order valence-corrected chi connectivity index (χ1v) is 10.3. The van der Waals surface area contributed by atoms with Gasteiger partial charge in [-0.1, -0.05) is 56.0 Å². The van der Waals surface area contributed by atoms with E-state index in [-0.39, 0.29) is 18.4 Å². The van der Waals surface area contributed by atoms with Crippen molar-refractivity contribution >= 4 is 17.8 Å². The van der Waals surface area contributed by atoms with E-state index in [0.717, 1.165) is 12.0 Å². The number of benzene rings is 1. The van der Waals surface area contributed by atoms with Gasteiger partial charge in [-0.25, -0.2) is 0 Å². The third-order valence-electron chi connectivity index (χ3n) is 6.40. The number of amides is 2. The number of rotatable bonds is 7. The Morgan fingerprint density at radius 3 is 2.32 bits per heavy atom. The van der Waals surface area contributed by atoms with Crippen molar-refractivity contribution in [1.82, 2.24) is 10.2 Å². The molecule has 2 amide bonds. The number of nitrogens with zero attached hydrogens (tertiary/aromatic N) is 1. The van der Waals surface area contributed by atoms with Crippen molar-refractivity contribution < 1.29 is 19.5 Å². The largest absolute Gasteiger partial charge is 0.481 e. The van der Waals surface area contributed by atoms with Crippen LogP contribution in [0.3, 0.4) is 0 Å². The molecule has 1 heterocycles. The molecule has 0 spiro atoms. The van der Waals surface area contributed by atoms with Crippen LogP contribution < -0.4 is 5.32 Å². The second-order valence-corrected chi connectivity index (χ2v) is 8.10. The van der Waals surface area contributed by atoms with Crippen LogP contribution in [0, 0.1) is 5.92 Å². The van der Waals surface area contributed by atoms with Crippen LogP contribution in [0.15, 0.2) is 30.3 Å². The molecule has 1 saturated carbocycles. The quantitative estimate of drug-likeness (QED) is 0.754. The minimum absolute atomic E-state index is 0.00505. The summed E-state index contributed by atoms with van der Waals surface area (Å²) >= 11 is 0. The van der Waals surface area contributed by atoms with Gasteiger partial charge in [0.1, 0.15) is 0 Å². The summed E-state index contributed by atoms with van der Waals surface area (Å²) in [5.41, 5.74) is -0.155. The van der Waals surface area contributed by atoms with E-state index in [1.807, 2.05) is 30.3 Å². The van der Waals surface area contributed by atoms with Gasteiger partial charge in [0.25, 0.3) is 0 Å². The number of carbonyl (C=O) groups excluding carboxylic acids is 2. The van der Waals surface area contributed by atoms with E-state index in [4.69, 9.17) is 0 Å². The third kappa shape index (κ3) is 4.72. The summed E-state index contributed by atoms with van der Waals surface area (Å²) in [5.74, 6) is -0.389. The van der Waals surface area contributed by atoms with Gasteiger partial charge in [0.2, 0.25) is 11.8 Å². The van der Waals surface area contributed by atoms with Crippen molar-refractivity contribution in [2.24, 2.45) is 5.92 Å². The van der Waals surface area contributed by atoms with Crippen LogP contribution in [0.2, 0.25) is 0 Å². The molecule has 0 atom stereocenters. The fraction of sp³-hybridized carbons (Fsp3) is 0.591. The molecule has 2 N–H and O–H groups in total. The van der Waals surface area contributed by atoms with Crippen LogP contribution in [0.4, 0.5) is 0 Å². The molecule has 0 bridgehead atoms. The molecular weight excluding hydrogens is 356 g/mol. The SMILES string of the molecule is O=C(CCC1CCCC1)NCC(=O)N1CCC(C(=O)O)(c2ccccc2)CC1. The van der Waals surface area contributed by atoms with Gasteiger partial charge in [0, 0.05) is 19.5 Å². The lowest BCUT2D eigenvalue weighted by Gasteiger charge is -2.39. The Morgan fingerprint density at radius 2 is 1.71 bits per heavy atom. The molecule has 0 unspecified atom stereocenters. The summed E-state index contributed by atoms with van der Waals surface area (Å²) in [5, 5.41) is 12.6. The van der Waals surface area contributed by atoms with E-state index in [0.29, 0.717) is 38.3 Å². The molecule has 0 radical (unpaired) electrons. The van der Waals surface area contributed by atoms with Gasteiger partial charge in [-0.05, 0) is 30.7 Å². The standard InChI is InChI=1S/C22H30N2O4/c25-19(11-10-17-6-4-5-7-17)23-16-20(26)24-14-12-22(13-15-24,21(27)28)18-8-2-1-3-9-18/h1-3,8-9,17H,4-7,10-16H2,(H,23,25)(H,27,28). The zero-order valence-electron chi connectivity index (χ0n) is 16.4. The summed E-state index contributed by atoms with van der Waals surface area (Å²) in [6, 6.07) is 9.25. The van der Waals surface area contributed by atoms with E-state index >= 15 is 0 Å². The first-order chi connectivity index (χ1) is 13.5. The predicted molar refractivity (Wildman–Crippen MR) is 106 cm³/mol. The van der Waals surface area contributed by atoms with Crippen molar-refractivity contribution in [2.45, 2.75) is 56.8 Å². The second-order valence-electron chi connectivity index (χ2n) is 8.10. The lowest BCUT2D eigenvalue weighted by molar-refractivity contribution is -0.148. The molecule has 6 nitrogen and oxygen atoms in total. The zero-order valence-corrected chi connectivity index (χ0v) is 16.4. The van der Waals surface area contributed by atoms with Gasteiger partial charge >= 0.3 is 5.97 Å². The molecule has 1 aromatic rings. The molecule has 28 heavy (non-hydrogen) atoms. The minimum Gasteiger partial charge on any atom is -0.481 e. The number of hydrogen-bond acceptors (Lipinski definition) is 3. The van der Waals surface area contributed by atoms with Crippen molar-refractivity contribution in [3.63, 3.8) is 0 Å². The molecule has 1 saturated heterocycles. The fourth-order valence-electron chi connectivity index (χ4n) is 4.53. The highest BCUT2D eigenvalue weighted by Crippen LogP contribution is 2.36. The number of aliphatic carboxylic acids is 1. The molecule has 0 aromatic heterocycles. The molecule has 1 aromatic carbocycles. The number of piperidine rings is 1. The number of carboxylic acids is 1. The monoisotopic (exact) mass is 386 g/mol. The first kappa shape index (κ1) is 20.4. The maximum Gasteiger partial charge on any atom is 0.314 e. The maximum atomic E-state index is 12.4. The van der Waals surface area contributed by atoms with Crippen LogP contribution in [-0.4, -0.2) is 47.4 Å². The average Bonchev–Trinajstić information content (AvgIpc) is 3.24. The van der Waals surface area contributed by atoms with Gasteiger partial charge in [-0.3, -0.25) is 14.4 Å². The van der Waals surface area contributed by atoms with Gasteiger partial charge in [0.15, 0.2) is 0 Å². The lowest BCUT2D eigenvalue weighted by atomic mass is 9.73. The molecule has 1 aliphatic heterocycles. The van der Waals surface area contributed by atoms with Gasteiger partial charge in [-0.2, -0.15) is 0 Å². The summed E-state index contributed by atoms with van der Waals surface area (Å²) < 4.78 is 0. The van der Waals surface area contributed by atoms with Gasteiger partial charge in [-0.15, -0.1) is 0 Å². The molecule has 2 fully saturated rings. The summed E-state index contributed by atoms with van der Waals surface area (Å²) in [4.78, 5) is 38.1. The van der Waals surface area contributed by atoms with E-state index in [1.165, 1.54) is 25.7 Å². The Kier molecular flexibility index (Phi) is 6.70. The molecular formula is C22H30N2O4. The normalized spacial score (nSPS) is 19.4. The van der Waals surface area contributed by atoms with E-state index in [1.54, 1.807) is 4.90 Å². The van der Waals surface area contributed by atoms with Crippen LogP contribution in [0.5, 0.6) is 0 Å². The molecule has 6 heteroatoms. The Labute approximate surface area is 166 Å². The number of likely N-dealkylation sites (tertiary alicyclic amines) is 1. The highest BCUT2D eigenvalue weighted by molar-refractivity contribution is 5.86. The van der Waals surface area contributed by atoms with Crippen LogP contribution >= 0.6 is 0 Å². The Bertz CT molecular complexity index is 690. The second kappa shape index (κ2) is 9.22. The molecule has 2 aliphatic rings. The first-order valence-electron chi connectivity index (χ1n) is 10.3. The number of carboxylic acid groups (broad SMARTS) is 1. The van der Waals surface area contributed by atoms with Gasteiger partial charge < -0.3 is 15.3 Å². The van der Waals surface area contributed by atoms with Crippen molar-refractivity contribution in [3.8, 4) is 0 Å². The minimum atomic E-state index is -0.942. The smallest absolute Gasteiger partial charge is 0.314 e. The predicted octanol–water partition coefficient (Wildman–Crippen LogP) is 2.72. The van der Waals surface area contributed by atoms with E-state index < -0.39 is 11.4 Å². The molecule has 3 rings (SSSR count). The highest BCUT2D eigenvalue weighted by Gasteiger charge is 2.43. The van der Waals surface area contributed by atoms with Crippen LogP contribution in [0.25, 0.3) is 0 Å². The van der Waals surface area contributed by atoms with Crippen molar-refractivity contribution in [3.05, 3.63) is 35.9 Å². The number of hydrogen-bond donors (Lipinski definition) is 2. The third-order valence-corrected chi connectivity index (χ3v) is 6.40. The lowest BCUT2D eigenvalue weighted by Crippen LogP contribution is -2.51. The Morgan fingerprint density at radius 1 is 1.07 bits per heavy atom. The maximum absolute atomic E-state index is 12.4. The number of carbonyl (C=O) groups is 3. The fourth-order valence-corrected chi connectivity index (χ4v) is 4.53. The Hall–Kier alpha value is -2.37. The average molecular weight is 386 g/mol. The van der Waals surface area contributed by atoms with Crippen molar-refractivity contribution in [1.29, 1.82) is 0 Å². The highest BCUT2D eigenvalue weighted by atomic mass is 16.4. The molecule has 152 valence electrons. The number of nitrogens with one attached hydrogen (secondary N) is 1. The topological polar surface area (TPSA) is 86.7 Å². The Balaban J connectivity index is 1.46. The summed E-state index contributed by atoms with van der Waals surface area (Å²) in [7, 11) is 0. The van der Waals surface area contributed by atoms with Crippen molar-refractivity contribution in [2.75, 3.05) is 19.6 Å². The van der Waals surface area contributed by atoms with E-state index in [9.17, 15) is 19.5 Å². The van der Waals surface area contributed by atoms with E-state index in [2.05, 4.69) is 5.32 Å². The summed E-state index contributed by atoms with van der Waals surface area (Å²) in [6.07, 6.45) is 7.11. The summed E-state index contributed by atoms with van der Waals surface area (Å²) in [6.45, 7) is 0.769. The molecule has 1 aliphatic carbocycles.